The van der Waals surface area contributed by atoms with E-state index in [0.717, 1.165) is 18.5 Å². The Morgan fingerprint density at radius 1 is 1.15 bits per heavy atom. The van der Waals surface area contributed by atoms with E-state index < -0.39 is 0 Å². The monoisotopic (exact) mass is 356 g/mol. The molecule has 136 valence electrons. The molecule has 0 unspecified atom stereocenters. The molecule has 0 spiro atoms. The van der Waals surface area contributed by atoms with Crippen molar-refractivity contribution in [2.24, 2.45) is 5.92 Å². The molecule has 0 atom stereocenters. The van der Waals surface area contributed by atoms with Crippen LogP contribution in [0.3, 0.4) is 0 Å². The van der Waals surface area contributed by atoms with Crippen LogP contribution >= 0.6 is 0 Å². The molecule has 1 saturated heterocycles. The molecule has 1 aromatic heterocycles. The summed E-state index contributed by atoms with van der Waals surface area (Å²) in [5.74, 6) is 1.31. The lowest BCUT2D eigenvalue weighted by Crippen LogP contribution is -2.38. The number of carbonyl (C=O) groups is 1. The Morgan fingerprint density at radius 2 is 1.92 bits per heavy atom. The zero-order valence-electron chi connectivity index (χ0n) is 14.2. The fourth-order valence-electron chi connectivity index (χ4n) is 3.30. The largest absolute Gasteiger partial charge is 0.486 e. The quantitative estimate of drug-likeness (QED) is 0.863. The van der Waals surface area contributed by atoms with Gasteiger partial charge in [0.25, 0.3) is 5.56 Å². The van der Waals surface area contributed by atoms with Gasteiger partial charge >= 0.3 is 0 Å². The highest BCUT2D eigenvalue weighted by atomic mass is 16.6. The number of H-pyrrole nitrogens is 1. The molecule has 2 N–H and O–H groups in total. The van der Waals surface area contributed by atoms with E-state index in [9.17, 15) is 9.59 Å². The molecular weight excluding hydrogens is 336 g/mol. The summed E-state index contributed by atoms with van der Waals surface area (Å²) >= 11 is 0. The maximum atomic E-state index is 12.6. The number of carbonyl (C=O) groups excluding carboxylic acids is 1. The number of anilines is 2. The van der Waals surface area contributed by atoms with Crippen molar-refractivity contribution in [2.45, 2.75) is 12.8 Å². The molecule has 8 heteroatoms. The fourth-order valence-corrected chi connectivity index (χ4v) is 3.30. The summed E-state index contributed by atoms with van der Waals surface area (Å²) in [5, 5.41) is 9.16. The zero-order chi connectivity index (χ0) is 17.9. The number of nitrogens with one attached hydrogen (secondary N) is 2. The second-order valence-electron chi connectivity index (χ2n) is 6.41. The molecular formula is C18H20N4O4. The van der Waals surface area contributed by atoms with Crippen LogP contribution in [-0.2, 0) is 4.79 Å². The molecule has 2 aliphatic heterocycles. The van der Waals surface area contributed by atoms with E-state index >= 15 is 0 Å². The van der Waals surface area contributed by atoms with E-state index in [0.29, 0.717) is 43.5 Å². The first-order valence-electron chi connectivity index (χ1n) is 8.69. The summed E-state index contributed by atoms with van der Waals surface area (Å²) in [6.07, 6.45) is 3.09. The Balaban J connectivity index is 1.36. The highest BCUT2D eigenvalue weighted by molar-refractivity contribution is 5.93. The third-order valence-electron chi connectivity index (χ3n) is 4.69. The summed E-state index contributed by atoms with van der Waals surface area (Å²) in [6.45, 7) is 2.48. The number of rotatable bonds is 3. The summed E-state index contributed by atoms with van der Waals surface area (Å²) in [4.78, 5) is 26.0. The molecule has 2 aliphatic rings. The molecule has 0 saturated carbocycles. The van der Waals surface area contributed by atoms with E-state index in [-0.39, 0.29) is 17.4 Å². The van der Waals surface area contributed by atoms with Crippen LogP contribution in [0.25, 0.3) is 0 Å². The van der Waals surface area contributed by atoms with Gasteiger partial charge in [-0.3, -0.25) is 9.59 Å². The van der Waals surface area contributed by atoms with Gasteiger partial charge in [0.2, 0.25) is 5.91 Å². The Kier molecular flexibility index (Phi) is 4.47. The number of hydrogen-bond acceptors (Lipinski definition) is 6. The summed E-state index contributed by atoms with van der Waals surface area (Å²) in [6, 6.07) is 6.96. The number of amides is 1. The molecule has 0 aliphatic carbocycles. The van der Waals surface area contributed by atoms with Crippen LogP contribution in [0.5, 0.6) is 11.5 Å². The van der Waals surface area contributed by atoms with Gasteiger partial charge < -0.3 is 19.7 Å². The lowest BCUT2D eigenvalue weighted by molar-refractivity contribution is -0.120. The van der Waals surface area contributed by atoms with Crippen LogP contribution in [-0.4, -0.2) is 42.4 Å². The van der Waals surface area contributed by atoms with Crippen LogP contribution in [0.1, 0.15) is 12.8 Å². The summed E-state index contributed by atoms with van der Waals surface area (Å²) < 4.78 is 11.0. The molecule has 0 radical (unpaired) electrons. The number of nitrogens with zero attached hydrogens (tertiary/aromatic N) is 2. The Hall–Kier alpha value is -3.03. The summed E-state index contributed by atoms with van der Waals surface area (Å²) in [7, 11) is 0. The standard InChI is InChI=1S/C18H20N4O4/c23-17-10-14(11-19-21-17)22-5-3-12(4-6-22)18(24)20-13-1-2-15-16(9-13)26-8-7-25-15/h1-2,9-12H,3-8H2,(H,20,24)(H,21,23). The third kappa shape index (κ3) is 3.49. The predicted molar refractivity (Wildman–Crippen MR) is 95.9 cm³/mol. The second-order valence-corrected chi connectivity index (χ2v) is 6.41. The normalized spacial score (nSPS) is 17.0. The van der Waals surface area contributed by atoms with Crippen LogP contribution in [0.15, 0.2) is 35.3 Å². The number of aromatic amines is 1. The van der Waals surface area contributed by atoms with Crippen molar-refractivity contribution in [3.05, 3.63) is 40.8 Å². The van der Waals surface area contributed by atoms with Gasteiger partial charge in [0.1, 0.15) is 13.2 Å². The third-order valence-corrected chi connectivity index (χ3v) is 4.69. The van der Waals surface area contributed by atoms with Gasteiger partial charge in [-0.2, -0.15) is 5.10 Å². The topological polar surface area (TPSA) is 96.6 Å². The Labute approximate surface area is 150 Å². The average molecular weight is 356 g/mol. The maximum absolute atomic E-state index is 12.6. The molecule has 1 amide bonds. The number of ether oxygens (including phenoxy) is 2. The van der Waals surface area contributed by atoms with Crippen LogP contribution in [0.2, 0.25) is 0 Å². The summed E-state index contributed by atoms with van der Waals surface area (Å²) in [5.41, 5.74) is 1.28. The molecule has 8 nitrogen and oxygen atoms in total. The van der Waals surface area contributed by atoms with E-state index in [4.69, 9.17) is 9.47 Å². The van der Waals surface area contributed by atoms with E-state index in [1.807, 2.05) is 12.1 Å². The fraction of sp³-hybridized carbons (Fsp3) is 0.389. The lowest BCUT2D eigenvalue weighted by atomic mass is 9.95. The van der Waals surface area contributed by atoms with Crippen molar-refractivity contribution < 1.29 is 14.3 Å². The van der Waals surface area contributed by atoms with Gasteiger partial charge in [0, 0.05) is 36.8 Å². The first-order valence-corrected chi connectivity index (χ1v) is 8.69. The lowest BCUT2D eigenvalue weighted by Gasteiger charge is -2.32. The average Bonchev–Trinajstić information content (AvgIpc) is 2.68. The van der Waals surface area contributed by atoms with E-state index in [1.54, 1.807) is 12.3 Å². The van der Waals surface area contributed by atoms with Gasteiger partial charge in [-0.1, -0.05) is 0 Å². The zero-order valence-corrected chi connectivity index (χ0v) is 14.2. The van der Waals surface area contributed by atoms with Crippen LogP contribution in [0.4, 0.5) is 11.4 Å². The van der Waals surface area contributed by atoms with Crippen LogP contribution in [0, 0.1) is 5.92 Å². The van der Waals surface area contributed by atoms with Gasteiger partial charge in [-0.05, 0) is 25.0 Å². The Bertz CT molecular complexity index is 858. The molecule has 2 aromatic rings. The highest BCUT2D eigenvalue weighted by Crippen LogP contribution is 2.33. The smallest absolute Gasteiger partial charge is 0.266 e. The van der Waals surface area contributed by atoms with Gasteiger partial charge in [-0.15, -0.1) is 0 Å². The van der Waals surface area contributed by atoms with Crippen molar-refractivity contribution in [3.63, 3.8) is 0 Å². The van der Waals surface area contributed by atoms with Gasteiger partial charge in [-0.25, -0.2) is 5.10 Å². The molecule has 3 heterocycles. The van der Waals surface area contributed by atoms with Crippen molar-refractivity contribution in [1.29, 1.82) is 0 Å². The minimum absolute atomic E-state index is 0.00496. The highest BCUT2D eigenvalue weighted by Gasteiger charge is 2.26. The predicted octanol–water partition coefficient (Wildman–Crippen LogP) is 1.40. The number of piperidine rings is 1. The molecule has 0 bridgehead atoms. The molecule has 1 aromatic carbocycles. The van der Waals surface area contributed by atoms with E-state index in [2.05, 4.69) is 20.4 Å². The first-order chi connectivity index (χ1) is 12.7. The SMILES string of the molecule is O=C(Nc1ccc2c(c1)OCCO2)C1CCN(c2cn[nH]c(=O)c2)CC1. The number of fused-ring (bicyclic) bond motifs is 1. The number of hydrogen-bond donors (Lipinski definition) is 2. The van der Waals surface area contributed by atoms with Gasteiger partial charge in [0.15, 0.2) is 11.5 Å². The minimum atomic E-state index is -0.221. The minimum Gasteiger partial charge on any atom is -0.486 e. The van der Waals surface area contributed by atoms with Crippen molar-refractivity contribution in [1.82, 2.24) is 10.2 Å². The number of benzene rings is 1. The molecule has 4 rings (SSSR count). The Morgan fingerprint density at radius 3 is 2.69 bits per heavy atom. The van der Waals surface area contributed by atoms with Gasteiger partial charge in [0.05, 0.1) is 11.9 Å². The first kappa shape index (κ1) is 16.4. The second kappa shape index (κ2) is 7.07. The maximum Gasteiger partial charge on any atom is 0.266 e. The number of aromatic nitrogens is 2. The molecule has 26 heavy (non-hydrogen) atoms. The van der Waals surface area contributed by atoms with E-state index in [1.165, 1.54) is 6.07 Å². The molecule has 1 fully saturated rings. The van der Waals surface area contributed by atoms with Crippen LogP contribution < -0.4 is 25.2 Å². The van der Waals surface area contributed by atoms with Crippen molar-refractivity contribution in [3.8, 4) is 11.5 Å². The van der Waals surface area contributed by atoms with Crippen molar-refractivity contribution >= 4 is 17.3 Å². The van der Waals surface area contributed by atoms with Crippen molar-refractivity contribution in [2.75, 3.05) is 36.5 Å².